The molecule has 1 unspecified atom stereocenters. The molecule has 0 bridgehead atoms. The number of fused-ring (bicyclic) bond motifs is 1. The van der Waals surface area contributed by atoms with Crippen molar-refractivity contribution in [2.24, 2.45) is 4.99 Å². The molecule has 2 aliphatic rings. The number of carbonyl (C=O) groups is 2. The lowest BCUT2D eigenvalue weighted by atomic mass is 10.0. The maximum absolute atomic E-state index is 11.1. The molecule has 1 aliphatic heterocycles. The lowest BCUT2D eigenvalue weighted by molar-refractivity contribution is -0.132. The van der Waals surface area contributed by atoms with Crippen LogP contribution >= 0.6 is 15.9 Å². The van der Waals surface area contributed by atoms with Gasteiger partial charge in [-0.3, -0.25) is 0 Å². The number of nitrogens with zero attached hydrogens (tertiary/aromatic N) is 1. The summed E-state index contributed by atoms with van der Waals surface area (Å²) in [5.41, 5.74) is 0.757. The summed E-state index contributed by atoms with van der Waals surface area (Å²) in [7, 11) is 0. The third kappa shape index (κ3) is 1.35. The normalized spacial score (nSPS) is 26.1. The number of halogens is 1. The number of ether oxygens (including phenoxy) is 1. The first-order valence-corrected chi connectivity index (χ1v) is 4.47. The second kappa shape index (κ2) is 2.92. The van der Waals surface area contributed by atoms with Gasteiger partial charge in [-0.15, -0.1) is 0 Å². The minimum Gasteiger partial charge on any atom is -0.371 e. The van der Waals surface area contributed by atoms with Crippen LogP contribution in [0, 0.1) is 0 Å². The molecule has 1 aliphatic carbocycles. The summed E-state index contributed by atoms with van der Waals surface area (Å²) >= 11 is 3.27. The van der Waals surface area contributed by atoms with Crippen molar-refractivity contribution in [2.45, 2.75) is 4.83 Å². The van der Waals surface area contributed by atoms with Gasteiger partial charge >= 0.3 is 12.1 Å². The van der Waals surface area contributed by atoms with Gasteiger partial charge < -0.3 is 4.74 Å². The van der Waals surface area contributed by atoms with Crippen LogP contribution in [-0.2, 0) is 9.53 Å². The highest BCUT2D eigenvalue weighted by molar-refractivity contribution is 9.10. The van der Waals surface area contributed by atoms with E-state index in [0.29, 0.717) is 11.3 Å². The first-order valence-electron chi connectivity index (χ1n) is 3.56. The fourth-order valence-corrected chi connectivity index (χ4v) is 1.65. The Morgan fingerprint density at radius 3 is 3.00 bits per heavy atom. The smallest absolute Gasteiger partial charge is 0.371 e. The van der Waals surface area contributed by atoms with E-state index >= 15 is 0 Å². The van der Waals surface area contributed by atoms with Gasteiger partial charge in [0, 0.05) is 0 Å². The highest BCUT2D eigenvalue weighted by Crippen LogP contribution is 2.21. The van der Waals surface area contributed by atoms with Crippen molar-refractivity contribution in [1.82, 2.24) is 0 Å². The van der Waals surface area contributed by atoms with Crippen molar-refractivity contribution in [2.75, 3.05) is 0 Å². The number of amides is 1. The monoisotopic (exact) mass is 241 g/mol. The molecule has 0 spiro atoms. The summed E-state index contributed by atoms with van der Waals surface area (Å²) in [5.74, 6) is -0.635. The maximum atomic E-state index is 11.1. The van der Waals surface area contributed by atoms with E-state index in [4.69, 9.17) is 0 Å². The Morgan fingerprint density at radius 1 is 1.46 bits per heavy atom. The maximum Gasteiger partial charge on any atom is 0.441 e. The lowest BCUT2D eigenvalue weighted by Crippen LogP contribution is -2.30. The number of alkyl halides is 1. The molecule has 1 heterocycles. The zero-order valence-electron chi connectivity index (χ0n) is 6.36. The molecule has 5 heteroatoms. The van der Waals surface area contributed by atoms with E-state index < -0.39 is 12.1 Å². The molecule has 0 aromatic heterocycles. The van der Waals surface area contributed by atoms with Gasteiger partial charge in [-0.05, 0) is 6.08 Å². The molecule has 1 atom stereocenters. The topological polar surface area (TPSA) is 55.7 Å². The van der Waals surface area contributed by atoms with Crippen molar-refractivity contribution < 1.29 is 14.3 Å². The molecule has 1 amide bonds. The summed E-state index contributed by atoms with van der Waals surface area (Å²) in [4.78, 5) is 25.3. The number of hydrogen-bond acceptors (Lipinski definition) is 3. The van der Waals surface area contributed by atoms with Gasteiger partial charge in [0.15, 0.2) is 0 Å². The summed E-state index contributed by atoms with van der Waals surface area (Å²) < 4.78 is 4.32. The SMILES string of the molecule is O=C1N=C2C(=CC=CC2Br)C(=O)O1. The van der Waals surface area contributed by atoms with Crippen molar-refractivity contribution in [1.29, 1.82) is 0 Å². The molecule has 66 valence electrons. The summed E-state index contributed by atoms with van der Waals surface area (Å²) in [6.45, 7) is 0. The summed E-state index contributed by atoms with van der Waals surface area (Å²) in [6.07, 6.45) is 4.22. The van der Waals surface area contributed by atoms with E-state index in [9.17, 15) is 9.59 Å². The number of allylic oxidation sites excluding steroid dienone is 3. The highest BCUT2D eigenvalue weighted by atomic mass is 79.9. The van der Waals surface area contributed by atoms with Gasteiger partial charge in [0.05, 0.1) is 16.1 Å². The Balaban J connectivity index is 2.51. The van der Waals surface area contributed by atoms with E-state index in [2.05, 4.69) is 25.7 Å². The fourth-order valence-electron chi connectivity index (χ4n) is 1.12. The quantitative estimate of drug-likeness (QED) is 0.366. The van der Waals surface area contributed by atoms with E-state index in [1.54, 1.807) is 18.2 Å². The average Bonchev–Trinajstić information content (AvgIpc) is 2.07. The molecule has 0 fully saturated rings. The lowest BCUT2D eigenvalue weighted by Gasteiger charge is -2.17. The Hall–Kier alpha value is -1.23. The van der Waals surface area contributed by atoms with E-state index in [1.807, 2.05) is 0 Å². The van der Waals surface area contributed by atoms with Crippen LogP contribution in [0.2, 0.25) is 0 Å². The fraction of sp³-hybridized carbons (Fsp3) is 0.125. The van der Waals surface area contributed by atoms with Crippen LogP contribution in [0.4, 0.5) is 4.79 Å². The number of carbonyl (C=O) groups excluding carboxylic acids is 2. The molecule has 0 radical (unpaired) electrons. The zero-order chi connectivity index (χ0) is 9.42. The molecule has 13 heavy (non-hydrogen) atoms. The first kappa shape index (κ1) is 8.37. The van der Waals surface area contributed by atoms with Crippen molar-refractivity contribution in [3.8, 4) is 0 Å². The largest absolute Gasteiger partial charge is 0.441 e. The molecule has 2 rings (SSSR count). The Morgan fingerprint density at radius 2 is 2.23 bits per heavy atom. The van der Waals surface area contributed by atoms with Crippen LogP contribution < -0.4 is 0 Å². The summed E-state index contributed by atoms with van der Waals surface area (Å²) in [6, 6.07) is 0. The van der Waals surface area contributed by atoms with Crippen LogP contribution in [0.1, 0.15) is 0 Å². The molecular weight excluding hydrogens is 238 g/mol. The standard InChI is InChI=1S/C8H4BrNO3/c9-5-3-1-2-4-6(5)10-8(12)13-7(4)11/h1-3,5H. The van der Waals surface area contributed by atoms with E-state index in [1.165, 1.54) is 0 Å². The van der Waals surface area contributed by atoms with Crippen LogP contribution in [-0.4, -0.2) is 22.6 Å². The van der Waals surface area contributed by atoms with Crippen molar-refractivity contribution in [3.63, 3.8) is 0 Å². The first-order chi connectivity index (χ1) is 6.18. The van der Waals surface area contributed by atoms with Crippen LogP contribution in [0.15, 0.2) is 28.8 Å². The number of rotatable bonds is 0. The van der Waals surface area contributed by atoms with Crippen LogP contribution in [0.25, 0.3) is 0 Å². The minimum absolute atomic E-state index is 0.190. The second-order valence-electron chi connectivity index (χ2n) is 2.52. The molecule has 0 saturated carbocycles. The number of esters is 1. The Kier molecular flexibility index (Phi) is 1.88. The van der Waals surface area contributed by atoms with Crippen LogP contribution in [0.5, 0.6) is 0 Å². The molecule has 0 N–H and O–H groups in total. The Labute approximate surface area is 82.1 Å². The van der Waals surface area contributed by atoms with Gasteiger partial charge in [-0.25, -0.2) is 9.59 Å². The van der Waals surface area contributed by atoms with Gasteiger partial charge in [-0.1, -0.05) is 28.1 Å². The molecule has 0 saturated heterocycles. The Bertz CT molecular complexity index is 381. The summed E-state index contributed by atoms with van der Waals surface area (Å²) in [5, 5.41) is 0. The third-order valence-corrected chi connectivity index (χ3v) is 2.43. The number of hydrogen-bond donors (Lipinski definition) is 0. The number of cyclic esters (lactones) is 2. The average molecular weight is 242 g/mol. The third-order valence-electron chi connectivity index (χ3n) is 1.69. The predicted molar refractivity (Wildman–Crippen MR) is 48.9 cm³/mol. The molecule has 4 nitrogen and oxygen atoms in total. The van der Waals surface area contributed by atoms with E-state index in [0.717, 1.165) is 0 Å². The van der Waals surface area contributed by atoms with Crippen molar-refractivity contribution in [3.05, 3.63) is 23.8 Å². The molecular formula is C8H4BrNO3. The molecule has 0 aromatic rings. The van der Waals surface area contributed by atoms with Crippen molar-refractivity contribution >= 4 is 33.7 Å². The van der Waals surface area contributed by atoms with Crippen LogP contribution in [0.3, 0.4) is 0 Å². The number of aliphatic imine (C=N–C) groups is 1. The second-order valence-corrected chi connectivity index (χ2v) is 3.51. The molecule has 0 aromatic carbocycles. The zero-order valence-corrected chi connectivity index (χ0v) is 7.95. The predicted octanol–water partition coefficient (Wildman–Crippen LogP) is 1.36. The van der Waals surface area contributed by atoms with Gasteiger partial charge in [0.1, 0.15) is 0 Å². The van der Waals surface area contributed by atoms with Gasteiger partial charge in [-0.2, -0.15) is 4.99 Å². The highest BCUT2D eigenvalue weighted by Gasteiger charge is 2.30. The minimum atomic E-state index is -0.850. The van der Waals surface area contributed by atoms with Gasteiger partial charge in [0.2, 0.25) is 0 Å². The van der Waals surface area contributed by atoms with E-state index in [-0.39, 0.29) is 4.83 Å². The van der Waals surface area contributed by atoms with Gasteiger partial charge in [0.25, 0.3) is 0 Å².